The van der Waals surface area contributed by atoms with Crippen LogP contribution in [-0.2, 0) is 4.79 Å². The Morgan fingerprint density at radius 2 is 2.00 bits per heavy atom. The standard InChI is InChI=1S/C13H13N3O4/c17-11(18)2-1-5-14-12-9-4-3-8(13(19)20)6-10(9)15-7-16-12/h3-4,6-7H,1-2,5H2,(H,17,18)(H,19,20)(H,14,15,16)/p-2. The van der Waals surface area contributed by atoms with Crippen LogP contribution in [0.1, 0.15) is 23.2 Å². The van der Waals surface area contributed by atoms with Crippen LogP contribution < -0.4 is 15.5 Å². The molecule has 0 amide bonds. The minimum Gasteiger partial charge on any atom is -0.550 e. The molecule has 2 aromatic rings. The van der Waals surface area contributed by atoms with E-state index >= 15 is 0 Å². The highest BCUT2D eigenvalue weighted by molar-refractivity contribution is 5.95. The van der Waals surface area contributed by atoms with Crippen LogP contribution in [0.2, 0.25) is 0 Å². The number of carbonyl (C=O) groups is 2. The summed E-state index contributed by atoms with van der Waals surface area (Å²) in [6.45, 7) is 0.419. The lowest BCUT2D eigenvalue weighted by Crippen LogP contribution is -2.22. The first-order chi connectivity index (χ1) is 9.58. The summed E-state index contributed by atoms with van der Waals surface area (Å²) in [7, 11) is 0. The maximum atomic E-state index is 10.8. The third-order valence-corrected chi connectivity index (χ3v) is 2.72. The second kappa shape index (κ2) is 5.96. The molecule has 0 aliphatic heterocycles. The molecule has 1 heterocycles. The molecule has 0 radical (unpaired) electrons. The van der Waals surface area contributed by atoms with Crippen molar-refractivity contribution in [1.82, 2.24) is 9.97 Å². The summed E-state index contributed by atoms with van der Waals surface area (Å²) in [4.78, 5) is 29.1. The number of hydrogen-bond acceptors (Lipinski definition) is 7. The fourth-order valence-electron chi connectivity index (χ4n) is 1.76. The molecule has 7 heteroatoms. The normalized spacial score (nSPS) is 10.4. The molecule has 0 fully saturated rings. The predicted molar refractivity (Wildman–Crippen MR) is 66.6 cm³/mol. The molecule has 0 atom stereocenters. The van der Waals surface area contributed by atoms with Gasteiger partial charge in [-0.1, -0.05) is 6.07 Å². The molecular weight excluding hydrogens is 262 g/mol. The summed E-state index contributed by atoms with van der Waals surface area (Å²) >= 11 is 0. The molecule has 0 spiro atoms. The second-order valence-corrected chi connectivity index (χ2v) is 4.14. The Morgan fingerprint density at radius 3 is 2.70 bits per heavy atom. The van der Waals surface area contributed by atoms with Gasteiger partial charge in [-0.25, -0.2) is 9.97 Å². The first kappa shape index (κ1) is 13.7. The zero-order chi connectivity index (χ0) is 14.5. The number of nitrogens with zero attached hydrogens (tertiary/aromatic N) is 2. The van der Waals surface area contributed by atoms with Crippen LogP contribution in [0.5, 0.6) is 0 Å². The molecule has 0 saturated heterocycles. The van der Waals surface area contributed by atoms with Gasteiger partial charge < -0.3 is 25.1 Å². The number of nitrogens with one attached hydrogen (secondary N) is 1. The topological polar surface area (TPSA) is 118 Å². The Balaban J connectivity index is 2.17. The summed E-state index contributed by atoms with van der Waals surface area (Å²) in [6, 6.07) is 4.40. The van der Waals surface area contributed by atoms with Crippen LogP contribution in [0.25, 0.3) is 10.9 Å². The minimum atomic E-state index is -1.27. The van der Waals surface area contributed by atoms with E-state index in [0.29, 0.717) is 29.7 Å². The Morgan fingerprint density at radius 1 is 1.20 bits per heavy atom. The maximum absolute atomic E-state index is 10.8. The van der Waals surface area contributed by atoms with Crippen LogP contribution in [0.15, 0.2) is 24.5 Å². The lowest BCUT2D eigenvalue weighted by Gasteiger charge is -2.09. The monoisotopic (exact) mass is 273 g/mol. The second-order valence-electron chi connectivity index (χ2n) is 4.14. The Labute approximate surface area is 114 Å². The van der Waals surface area contributed by atoms with Crippen molar-refractivity contribution in [3.05, 3.63) is 30.1 Å². The fourth-order valence-corrected chi connectivity index (χ4v) is 1.76. The van der Waals surface area contributed by atoms with Crippen molar-refractivity contribution in [2.75, 3.05) is 11.9 Å². The third-order valence-electron chi connectivity index (χ3n) is 2.72. The number of carbonyl (C=O) groups excluding carboxylic acids is 2. The number of aromatic nitrogens is 2. The molecule has 20 heavy (non-hydrogen) atoms. The summed E-state index contributed by atoms with van der Waals surface area (Å²) < 4.78 is 0. The largest absolute Gasteiger partial charge is 0.550 e. The molecule has 1 aromatic carbocycles. The van der Waals surface area contributed by atoms with Crippen molar-refractivity contribution in [2.24, 2.45) is 0 Å². The highest BCUT2D eigenvalue weighted by Crippen LogP contribution is 2.20. The average molecular weight is 273 g/mol. The molecule has 2 rings (SSSR count). The summed E-state index contributed by atoms with van der Waals surface area (Å²) in [5.74, 6) is -1.84. The SMILES string of the molecule is O=C([O-])CCCNc1ncnc2cc(C(=O)[O-])ccc12. The zero-order valence-electron chi connectivity index (χ0n) is 10.5. The number of benzene rings is 1. The predicted octanol–water partition coefficient (Wildman–Crippen LogP) is -1.06. The van der Waals surface area contributed by atoms with E-state index in [9.17, 15) is 19.8 Å². The first-order valence-corrected chi connectivity index (χ1v) is 5.98. The smallest absolute Gasteiger partial charge is 0.137 e. The molecule has 0 bridgehead atoms. The van der Waals surface area contributed by atoms with Crippen molar-refractivity contribution < 1.29 is 19.8 Å². The van der Waals surface area contributed by atoms with Crippen molar-refractivity contribution in [1.29, 1.82) is 0 Å². The Hall–Kier alpha value is -2.70. The number of hydrogen-bond donors (Lipinski definition) is 1. The number of aromatic carboxylic acids is 1. The van der Waals surface area contributed by atoms with Gasteiger partial charge in [-0.3, -0.25) is 0 Å². The van der Waals surface area contributed by atoms with Crippen molar-refractivity contribution in [2.45, 2.75) is 12.8 Å². The van der Waals surface area contributed by atoms with Gasteiger partial charge in [-0.2, -0.15) is 0 Å². The van der Waals surface area contributed by atoms with Gasteiger partial charge in [0, 0.05) is 17.9 Å². The van der Waals surface area contributed by atoms with Crippen molar-refractivity contribution >= 4 is 28.7 Å². The molecular formula is C13H11N3O4-2. The number of carboxylic acids is 2. The highest BCUT2D eigenvalue weighted by atomic mass is 16.4. The van der Waals surface area contributed by atoms with Gasteiger partial charge in [0.15, 0.2) is 0 Å². The van der Waals surface area contributed by atoms with Crippen LogP contribution in [0.3, 0.4) is 0 Å². The van der Waals surface area contributed by atoms with Crippen molar-refractivity contribution in [3.63, 3.8) is 0 Å². The Kier molecular flexibility index (Phi) is 4.09. The molecule has 0 aliphatic rings. The van der Waals surface area contributed by atoms with Gasteiger partial charge in [0.2, 0.25) is 0 Å². The van der Waals surface area contributed by atoms with Gasteiger partial charge in [-0.05, 0) is 30.5 Å². The molecule has 1 aromatic heterocycles. The van der Waals surface area contributed by atoms with Crippen LogP contribution in [0.4, 0.5) is 5.82 Å². The van der Waals surface area contributed by atoms with E-state index in [-0.39, 0.29) is 12.0 Å². The van der Waals surface area contributed by atoms with E-state index in [0.717, 1.165) is 0 Å². The van der Waals surface area contributed by atoms with E-state index in [1.807, 2.05) is 0 Å². The van der Waals surface area contributed by atoms with Crippen LogP contribution in [0, 0.1) is 0 Å². The van der Waals surface area contributed by atoms with Gasteiger partial charge in [0.25, 0.3) is 0 Å². The number of fused-ring (bicyclic) bond motifs is 1. The highest BCUT2D eigenvalue weighted by Gasteiger charge is 2.04. The van der Waals surface area contributed by atoms with Crippen LogP contribution in [-0.4, -0.2) is 28.5 Å². The number of anilines is 1. The average Bonchev–Trinajstić information content (AvgIpc) is 2.42. The van der Waals surface area contributed by atoms with Gasteiger partial charge >= 0.3 is 0 Å². The van der Waals surface area contributed by atoms with E-state index < -0.39 is 11.9 Å². The number of rotatable bonds is 6. The minimum absolute atomic E-state index is 0.0369. The third kappa shape index (κ3) is 3.19. The van der Waals surface area contributed by atoms with E-state index in [1.54, 1.807) is 6.07 Å². The maximum Gasteiger partial charge on any atom is 0.137 e. The van der Waals surface area contributed by atoms with E-state index in [4.69, 9.17) is 0 Å². The van der Waals surface area contributed by atoms with Gasteiger partial charge in [0.1, 0.15) is 12.1 Å². The van der Waals surface area contributed by atoms with Crippen LogP contribution >= 0.6 is 0 Å². The number of aliphatic carboxylic acids is 1. The summed E-state index contributed by atoms with van der Waals surface area (Å²) in [5.41, 5.74) is 0.517. The molecule has 0 saturated carbocycles. The van der Waals surface area contributed by atoms with E-state index in [2.05, 4.69) is 15.3 Å². The van der Waals surface area contributed by atoms with Gasteiger partial charge in [-0.15, -0.1) is 0 Å². The first-order valence-electron chi connectivity index (χ1n) is 5.98. The lowest BCUT2D eigenvalue weighted by atomic mass is 10.1. The summed E-state index contributed by atoms with van der Waals surface area (Å²) in [6.07, 6.45) is 1.68. The van der Waals surface area contributed by atoms with Gasteiger partial charge in [0.05, 0.1) is 11.5 Å². The number of carboxylic acid groups (broad SMARTS) is 2. The summed E-state index contributed by atoms with van der Waals surface area (Å²) in [5, 5.41) is 24.7. The molecule has 0 unspecified atom stereocenters. The van der Waals surface area contributed by atoms with Crippen molar-refractivity contribution in [3.8, 4) is 0 Å². The molecule has 7 nitrogen and oxygen atoms in total. The zero-order valence-corrected chi connectivity index (χ0v) is 10.5. The fraction of sp³-hybridized carbons (Fsp3) is 0.231. The molecule has 0 aliphatic carbocycles. The molecule has 1 N–H and O–H groups in total. The van der Waals surface area contributed by atoms with E-state index in [1.165, 1.54) is 18.5 Å². The lowest BCUT2D eigenvalue weighted by molar-refractivity contribution is -0.305. The molecule has 104 valence electrons. The quantitative estimate of drug-likeness (QED) is 0.666. The Bertz CT molecular complexity index is 657.